The second-order valence-corrected chi connectivity index (χ2v) is 5.51. The van der Waals surface area contributed by atoms with Gasteiger partial charge in [0, 0.05) is 5.41 Å². The molecule has 1 amide bonds. The molecule has 1 aromatic rings. The van der Waals surface area contributed by atoms with Crippen LogP contribution >= 0.6 is 0 Å². The molecule has 0 aromatic heterocycles. The van der Waals surface area contributed by atoms with Crippen molar-refractivity contribution in [3.8, 4) is 0 Å². The molecule has 0 aliphatic heterocycles. The molecule has 0 heterocycles. The third-order valence-electron chi connectivity index (χ3n) is 3.09. The number of hydrogen-bond donors (Lipinski definition) is 3. The van der Waals surface area contributed by atoms with Crippen LogP contribution in [-0.2, 0) is 20.8 Å². The van der Waals surface area contributed by atoms with Gasteiger partial charge in [-0.3, -0.25) is 9.59 Å². The number of benzene rings is 1. The van der Waals surface area contributed by atoms with Gasteiger partial charge >= 0.3 is 11.9 Å². The lowest BCUT2D eigenvalue weighted by Crippen LogP contribution is -2.48. The van der Waals surface area contributed by atoms with E-state index >= 15 is 0 Å². The normalized spacial score (nSPS) is 12.5. The van der Waals surface area contributed by atoms with Crippen LogP contribution < -0.4 is 5.32 Å². The third kappa shape index (κ3) is 5.25. The van der Waals surface area contributed by atoms with E-state index in [0.29, 0.717) is 6.42 Å². The quantitative estimate of drug-likeness (QED) is 0.703. The van der Waals surface area contributed by atoms with Crippen molar-refractivity contribution in [2.75, 3.05) is 0 Å². The van der Waals surface area contributed by atoms with E-state index < -0.39 is 35.7 Å². The lowest BCUT2D eigenvalue weighted by molar-refractivity contribution is -0.148. The minimum Gasteiger partial charge on any atom is -0.481 e. The van der Waals surface area contributed by atoms with Crippen molar-refractivity contribution in [1.82, 2.24) is 5.32 Å². The molecule has 1 unspecified atom stereocenters. The van der Waals surface area contributed by atoms with Crippen molar-refractivity contribution >= 4 is 17.8 Å². The molecule has 0 radical (unpaired) electrons. The molecule has 0 aliphatic carbocycles. The van der Waals surface area contributed by atoms with E-state index in [4.69, 9.17) is 10.2 Å². The Kier molecular flexibility index (Phi) is 5.46. The van der Waals surface area contributed by atoms with E-state index in [1.54, 1.807) is 13.8 Å². The summed E-state index contributed by atoms with van der Waals surface area (Å²) in [5.41, 5.74) is 0.107. The van der Waals surface area contributed by atoms with Crippen molar-refractivity contribution in [3.05, 3.63) is 35.9 Å². The summed E-state index contributed by atoms with van der Waals surface area (Å²) < 4.78 is 0. The van der Waals surface area contributed by atoms with Gasteiger partial charge in [0.2, 0.25) is 5.91 Å². The van der Waals surface area contributed by atoms with E-state index in [1.165, 1.54) is 0 Å². The zero-order chi connectivity index (χ0) is 16.0. The SMILES string of the molecule is CC(C)(Cc1ccccc1)C(=O)NC(CC(=O)O)C(=O)O. The van der Waals surface area contributed by atoms with Gasteiger partial charge in [0.15, 0.2) is 0 Å². The van der Waals surface area contributed by atoms with Crippen LogP contribution in [0.3, 0.4) is 0 Å². The first-order chi connectivity index (χ1) is 9.72. The van der Waals surface area contributed by atoms with Crippen LogP contribution in [-0.4, -0.2) is 34.1 Å². The summed E-state index contributed by atoms with van der Waals surface area (Å²) in [7, 11) is 0. The van der Waals surface area contributed by atoms with Gasteiger partial charge < -0.3 is 15.5 Å². The second-order valence-electron chi connectivity index (χ2n) is 5.51. The first kappa shape index (κ1) is 16.7. The summed E-state index contributed by atoms with van der Waals surface area (Å²) in [6, 6.07) is 7.90. The van der Waals surface area contributed by atoms with E-state index in [2.05, 4.69) is 5.32 Å². The van der Waals surface area contributed by atoms with Crippen LogP contribution in [0.25, 0.3) is 0 Å². The third-order valence-corrected chi connectivity index (χ3v) is 3.09. The second kappa shape index (κ2) is 6.88. The van der Waals surface area contributed by atoms with E-state index in [9.17, 15) is 14.4 Å². The molecule has 0 spiro atoms. The van der Waals surface area contributed by atoms with Crippen LogP contribution in [0.5, 0.6) is 0 Å². The van der Waals surface area contributed by atoms with Crippen LogP contribution in [0.2, 0.25) is 0 Å². The highest BCUT2D eigenvalue weighted by Gasteiger charge is 2.32. The summed E-state index contributed by atoms with van der Waals surface area (Å²) in [4.78, 5) is 33.8. The molecule has 6 heteroatoms. The van der Waals surface area contributed by atoms with Crippen LogP contribution in [0.4, 0.5) is 0 Å². The number of carbonyl (C=O) groups is 3. The minimum absolute atomic E-state index is 0.430. The Morgan fingerprint density at radius 3 is 2.19 bits per heavy atom. The Bertz CT molecular complexity index is 524. The van der Waals surface area contributed by atoms with Crippen molar-refractivity contribution in [2.45, 2.75) is 32.7 Å². The highest BCUT2D eigenvalue weighted by molar-refractivity contribution is 5.89. The fourth-order valence-corrected chi connectivity index (χ4v) is 1.91. The Morgan fingerprint density at radius 2 is 1.71 bits per heavy atom. The first-order valence-corrected chi connectivity index (χ1v) is 6.52. The maximum Gasteiger partial charge on any atom is 0.326 e. The number of hydrogen-bond acceptors (Lipinski definition) is 3. The molecule has 21 heavy (non-hydrogen) atoms. The zero-order valence-corrected chi connectivity index (χ0v) is 12.0. The van der Waals surface area contributed by atoms with Gasteiger partial charge in [-0.25, -0.2) is 4.79 Å². The van der Waals surface area contributed by atoms with Crippen LogP contribution in [0.1, 0.15) is 25.8 Å². The van der Waals surface area contributed by atoms with Gasteiger partial charge in [-0.15, -0.1) is 0 Å². The van der Waals surface area contributed by atoms with E-state index in [-0.39, 0.29) is 0 Å². The zero-order valence-electron chi connectivity index (χ0n) is 12.0. The Hall–Kier alpha value is -2.37. The van der Waals surface area contributed by atoms with Gasteiger partial charge in [-0.1, -0.05) is 44.2 Å². The topological polar surface area (TPSA) is 104 Å². The summed E-state index contributed by atoms with van der Waals surface area (Å²) in [5.74, 6) is -3.12. The number of carboxylic acid groups (broad SMARTS) is 2. The summed E-state index contributed by atoms with van der Waals surface area (Å²) in [5, 5.41) is 19.9. The van der Waals surface area contributed by atoms with Gasteiger partial charge in [-0.2, -0.15) is 0 Å². The maximum atomic E-state index is 12.2. The molecule has 0 fully saturated rings. The summed E-state index contributed by atoms with van der Waals surface area (Å²) in [6.45, 7) is 3.38. The van der Waals surface area contributed by atoms with Crippen LogP contribution in [0, 0.1) is 5.41 Å². The molecule has 6 nitrogen and oxygen atoms in total. The molecule has 1 atom stereocenters. The van der Waals surface area contributed by atoms with E-state index in [0.717, 1.165) is 5.56 Å². The Balaban J connectivity index is 2.75. The van der Waals surface area contributed by atoms with Crippen molar-refractivity contribution < 1.29 is 24.6 Å². The maximum absolute atomic E-state index is 12.2. The first-order valence-electron chi connectivity index (χ1n) is 6.52. The van der Waals surface area contributed by atoms with Gasteiger partial charge in [0.1, 0.15) is 6.04 Å². The largest absolute Gasteiger partial charge is 0.481 e. The van der Waals surface area contributed by atoms with Gasteiger partial charge in [0.05, 0.1) is 6.42 Å². The molecule has 0 aliphatic rings. The average Bonchev–Trinajstić information content (AvgIpc) is 2.37. The molecular weight excluding hydrogens is 274 g/mol. The highest BCUT2D eigenvalue weighted by Crippen LogP contribution is 2.22. The summed E-state index contributed by atoms with van der Waals surface area (Å²) in [6.07, 6.45) is -0.221. The van der Waals surface area contributed by atoms with Crippen molar-refractivity contribution in [3.63, 3.8) is 0 Å². The molecule has 0 saturated carbocycles. The number of rotatable bonds is 7. The lowest BCUT2D eigenvalue weighted by Gasteiger charge is -2.25. The minimum atomic E-state index is -1.43. The predicted octanol–water partition coefficient (Wildman–Crippen LogP) is 1.30. The molecular formula is C15H19NO5. The number of carboxylic acids is 2. The standard InChI is InChI=1S/C15H19NO5/c1-15(2,9-10-6-4-3-5-7-10)14(21)16-11(13(19)20)8-12(17)18/h3-7,11H,8-9H2,1-2H3,(H,16,21)(H,17,18)(H,19,20). The molecule has 1 aromatic carbocycles. The number of aliphatic carboxylic acids is 2. The van der Waals surface area contributed by atoms with Crippen molar-refractivity contribution in [2.24, 2.45) is 5.41 Å². The molecule has 0 bridgehead atoms. The smallest absolute Gasteiger partial charge is 0.326 e. The Labute approximate surface area is 122 Å². The average molecular weight is 293 g/mol. The monoisotopic (exact) mass is 293 g/mol. The van der Waals surface area contributed by atoms with Crippen molar-refractivity contribution in [1.29, 1.82) is 0 Å². The van der Waals surface area contributed by atoms with Gasteiger partial charge in [-0.05, 0) is 12.0 Å². The fourth-order valence-electron chi connectivity index (χ4n) is 1.91. The number of nitrogens with one attached hydrogen (secondary N) is 1. The predicted molar refractivity (Wildman–Crippen MR) is 75.7 cm³/mol. The highest BCUT2D eigenvalue weighted by atomic mass is 16.4. The molecule has 0 saturated heterocycles. The number of carbonyl (C=O) groups excluding carboxylic acids is 1. The lowest BCUT2D eigenvalue weighted by atomic mass is 9.84. The summed E-state index contributed by atoms with van der Waals surface area (Å²) >= 11 is 0. The molecule has 3 N–H and O–H groups in total. The Morgan fingerprint density at radius 1 is 1.14 bits per heavy atom. The van der Waals surface area contributed by atoms with Crippen LogP contribution in [0.15, 0.2) is 30.3 Å². The van der Waals surface area contributed by atoms with E-state index in [1.807, 2.05) is 30.3 Å². The molecule has 114 valence electrons. The molecule has 1 rings (SSSR count). The fraction of sp³-hybridized carbons (Fsp3) is 0.400. The van der Waals surface area contributed by atoms with Gasteiger partial charge in [0.25, 0.3) is 0 Å². The number of amides is 1.